The van der Waals surface area contributed by atoms with E-state index in [1.165, 1.54) is 33.4 Å². The van der Waals surface area contributed by atoms with Crippen molar-refractivity contribution in [1.82, 2.24) is 0 Å². The van der Waals surface area contributed by atoms with Crippen molar-refractivity contribution in [2.24, 2.45) is 0 Å². The molecule has 0 bridgehead atoms. The minimum atomic E-state index is 0.736. The zero-order valence-corrected chi connectivity index (χ0v) is 9.93. The fourth-order valence-electron chi connectivity index (χ4n) is 1.79. The van der Waals surface area contributed by atoms with Crippen molar-refractivity contribution in [3.8, 4) is 0 Å². The Labute approximate surface area is 86.8 Å². The van der Waals surface area contributed by atoms with Crippen LogP contribution in [0.3, 0.4) is 0 Å². The lowest BCUT2D eigenvalue weighted by Crippen LogP contribution is -2.00. The Morgan fingerprint density at radius 3 is 1.31 bits per heavy atom. The summed E-state index contributed by atoms with van der Waals surface area (Å²) in [5.74, 6) is 0.736. The lowest BCUT2D eigenvalue weighted by atomic mass is 9.90. The van der Waals surface area contributed by atoms with E-state index in [-0.39, 0.29) is 0 Å². The Morgan fingerprint density at radius 2 is 1.00 bits per heavy atom. The van der Waals surface area contributed by atoms with Gasteiger partial charge >= 0.3 is 0 Å². The molecule has 1 rings (SSSR count). The third-order valence-electron chi connectivity index (χ3n) is 3.30. The number of hydrogen-bond acceptors (Lipinski definition) is 0. The predicted octanol–water partition coefficient (Wildman–Crippen LogP) is 3.93. The first-order chi connectivity index (χ1) is 6.00. The Bertz CT molecular complexity index is 308. The minimum absolute atomic E-state index is 0.736. The summed E-state index contributed by atoms with van der Waals surface area (Å²) in [5.41, 5.74) is 8.36. The van der Waals surface area contributed by atoms with E-state index in [1.54, 1.807) is 0 Å². The van der Waals surface area contributed by atoms with Crippen molar-refractivity contribution in [3.05, 3.63) is 33.4 Å². The Hall–Kier alpha value is -0.430. The maximum Gasteiger partial charge on any atom is 0.0294 e. The average Bonchev–Trinajstić information content (AvgIpc) is 2.13. The van der Waals surface area contributed by atoms with Gasteiger partial charge in [0.25, 0.3) is 0 Å². The lowest BCUT2D eigenvalue weighted by molar-refractivity contribution is 1.12. The third-order valence-corrected chi connectivity index (χ3v) is 3.59. The van der Waals surface area contributed by atoms with Crippen LogP contribution in [0.1, 0.15) is 33.4 Å². The van der Waals surface area contributed by atoms with Crippen molar-refractivity contribution in [2.75, 3.05) is 0 Å². The Morgan fingerprint density at radius 1 is 0.692 bits per heavy atom. The van der Waals surface area contributed by atoms with E-state index in [1.807, 2.05) is 0 Å². The van der Waals surface area contributed by atoms with Gasteiger partial charge in [-0.1, -0.05) is 12.6 Å². The molecule has 0 saturated heterocycles. The van der Waals surface area contributed by atoms with Crippen LogP contribution in [0.25, 0.3) is 0 Å². The SMILES string of the molecule is Cc1c(C)c(C)c(C[S])c(C)c1C. The predicted molar refractivity (Wildman–Crippen MR) is 61.4 cm³/mol. The molecule has 0 heterocycles. The molecule has 71 valence electrons. The normalized spacial score (nSPS) is 10.6. The molecule has 0 unspecified atom stereocenters. The van der Waals surface area contributed by atoms with Gasteiger partial charge in [-0.15, -0.1) is 0 Å². The van der Waals surface area contributed by atoms with Crippen molar-refractivity contribution < 1.29 is 0 Å². The molecule has 0 aromatic heterocycles. The Balaban J connectivity index is 3.56. The van der Waals surface area contributed by atoms with Crippen LogP contribution in [0.15, 0.2) is 0 Å². The van der Waals surface area contributed by atoms with Gasteiger partial charge in [-0.25, -0.2) is 0 Å². The maximum atomic E-state index is 5.16. The molecule has 0 spiro atoms. The summed E-state index contributed by atoms with van der Waals surface area (Å²) in [6.45, 7) is 10.9. The molecule has 0 aliphatic heterocycles. The molecule has 0 aliphatic rings. The van der Waals surface area contributed by atoms with E-state index >= 15 is 0 Å². The molecule has 0 N–H and O–H groups in total. The van der Waals surface area contributed by atoms with Gasteiger partial charge in [-0.2, -0.15) is 0 Å². The standard InChI is InChI=1S/C12H17S/c1-7-8(2)10(4)12(6-13)11(5)9(7)3/h6H2,1-5H3. The van der Waals surface area contributed by atoms with Crippen molar-refractivity contribution in [3.63, 3.8) is 0 Å². The fraction of sp³-hybridized carbons (Fsp3) is 0.500. The van der Waals surface area contributed by atoms with Crippen LogP contribution in [-0.2, 0) is 5.75 Å². The Kier molecular flexibility index (Phi) is 3.07. The van der Waals surface area contributed by atoms with Gasteiger partial charge in [0.05, 0.1) is 0 Å². The summed E-state index contributed by atoms with van der Waals surface area (Å²) in [4.78, 5) is 0. The molecule has 1 radical (unpaired) electrons. The molecule has 1 aromatic rings. The van der Waals surface area contributed by atoms with Crippen LogP contribution in [-0.4, -0.2) is 0 Å². The van der Waals surface area contributed by atoms with Crippen molar-refractivity contribution >= 4 is 12.6 Å². The smallest absolute Gasteiger partial charge is 0.0294 e. The topological polar surface area (TPSA) is 0 Å². The summed E-state index contributed by atoms with van der Waals surface area (Å²) in [6.07, 6.45) is 0. The highest BCUT2D eigenvalue weighted by Crippen LogP contribution is 2.26. The zero-order chi connectivity index (χ0) is 10.2. The molecular weight excluding hydrogens is 176 g/mol. The van der Waals surface area contributed by atoms with Crippen LogP contribution in [0.4, 0.5) is 0 Å². The first-order valence-corrected chi connectivity index (χ1v) is 5.22. The molecule has 0 saturated carbocycles. The van der Waals surface area contributed by atoms with E-state index in [4.69, 9.17) is 12.6 Å². The van der Waals surface area contributed by atoms with Gasteiger partial charge in [-0.3, -0.25) is 0 Å². The lowest BCUT2D eigenvalue weighted by Gasteiger charge is -2.16. The molecule has 0 fully saturated rings. The molecule has 0 atom stereocenters. The van der Waals surface area contributed by atoms with Crippen molar-refractivity contribution in [2.45, 2.75) is 40.4 Å². The molecule has 0 amide bonds. The monoisotopic (exact) mass is 193 g/mol. The molecule has 13 heavy (non-hydrogen) atoms. The van der Waals surface area contributed by atoms with Crippen LogP contribution < -0.4 is 0 Å². The summed E-state index contributed by atoms with van der Waals surface area (Å²) in [7, 11) is 0. The summed E-state index contributed by atoms with van der Waals surface area (Å²) in [6, 6.07) is 0. The molecule has 0 aliphatic carbocycles. The van der Waals surface area contributed by atoms with Crippen molar-refractivity contribution in [1.29, 1.82) is 0 Å². The molecule has 1 heteroatoms. The van der Waals surface area contributed by atoms with Gasteiger partial charge in [0, 0.05) is 5.75 Å². The van der Waals surface area contributed by atoms with Crippen LogP contribution >= 0.6 is 12.6 Å². The summed E-state index contributed by atoms with van der Waals surface area (Å²) >= 11 is 5.16. The highest BCUT2D eigenvalue weighted by molar-refractivity contribution is 7.79. The van der Waals surface area contributed by atoms with Gasteiger partial charge in [0.1, 0.15) is 0 Å². The van der Waals surface area contributed by atoms with E-state index in [2.05, 4.69) is 34.6 Å². The van der Waals surface area contributed by atoms with Gasteiger partial charge in [0.15, 0.2) is 0 Å². The number of benzene rings is 1. The van der Waals surface area contributed by atoms with E-state index < -0.39 is 0 Å². The summed E-state index contributed by atoms with van der Waals surface area (Å²) in [5, 5.41) is 0. The zero-order valence-electron chi connectivity index (χ0n) is 9.12. The van der Waals surface area contributed by atoms with Gasteiger partial charge in [0.2, 0.25) is 0 Å². The second-order valence-electron chi connectivity index (χ2n) is 3.75. The highest BCUT2D eigenvalue weighted by Gasteiger charge is 2.10. The quantitative estimate of drug-likeness (QED) is 0.634. The first-order valence-electron chi connectivity index (χ1n) is 4.64. The molecular formula is C12H17S. The highest BCUT2D eigenvalue weighted by atomic mass is 32.1. The average molecular weight is 193 g/mol. The maximum absolute atomic E-state index is 5.16. The number of rotatable bonds is 1. The van der Waals surface area contributed by atoms with E-state index in [0.29, 0.717) is 0 Å². The van der Waals surface area contributed by atoms with Gasteiger partial charge in [-0.05, 0) is 68.0 Å². The minimum Gasteiger partial charge on any atom is -0.0890 e. The summed E-state index contributed by atoms with van der Waals surface area (Å²) < 4.78 is 0. The number of hydrogen-bond donors (Lipinski definition) is 0. The van der Waals surface area contributed by atoms with Crippen LogP contribution in [0, 0.1) is 34.6 Å². The fourth-order valence-corrected chi connectivity index (χ4v) is 2.23. The largest absolute Gasteiger partial charge is 0.0890 e. The van der Waals surface area contributed by atoms with Crippen LogP contribution in [0.2, 0.25) is 0 Å². The molecule has 0 nitrogen and oxygen atoms in total. The second-order valence-corrected chi connectivity index (χ2v) is 4.04. The van der Waals surface area contributed by atoms with E-state index in [9.17, 15) is 0 Å². The second kappa shape index (κ2) is 3.75. The first kappa shape index (κ1) is 10.6. The molecule has 1 aromatic carbocycles. The van der Waals surface area contributed by atoms with E-state index in [0.717, 1.165) is 5.75 Å². The van der Waals surface area contributed by atoms with Gasteiger partial charge < -0.3 is 0 Å². The third kappa shape index (κ3) is 1.62. The van der Waals surface area contributed by atoms with Crippen LogP contribution in [0.5, 0.6) is 0 Å².